The lowest BCUT2D eigenvalue weighted by molar-refractivity contribution is -0.143. The van der Waals surface area contributed by atoms with Crippen molar-refractivity contribution in [2.75, 3.05) is 20.8 Å². The van der Waals surface area contributed by atoms with Crippen LogP contribution < -0.4 is 9.47 Å². The molecule has 1 amide bonds. The average molecular weight is 305 g/mol. The van der Waals surface area contributed by atoms with Gasteiger partial charge in [0.15, 0.2) is 0 Å². The Hall–Kier alpha value is -2.50. The van der Waals surface area contributed by atoms with Crippen molar-refractivity contribution in [1.29, 1.82) is 0 Å². The van der Waals surface area contributed by atoms with Crippen molar-refractivity contribution < 1.29 is 24.2 Å². The Bertz CT molecular complexity index is 592. The lowest BCUT2D eigenvalue weighted by atomic mass is 10.1. The number of nitrogens with zero attached hydrogens (tertiary/aromatic N) is 1. The fourth-order valence-electron chi connectivity index (χ4n) is 2.13. The fraction of sp³-hybridized carbons (Fsp3) is 0.375. The van der Waals surface area contributed by atoms with Crippen LogP contribution in [0.15, 0.2) is 24.3 Å². The van der Waals surface area contributed by atoms with E-state index >= 15 is 0 Å². The van der Waals surface area contributed by atoms with Crippen molar-refractivity contribution in [3.8, 4) is 11.5 Å². The Kier molecular flexibility index (Phi) is 5.04. The monoisotopic (exact) mass is 305 g/mol. The van der Waals surface area contributed by atoms with E-state index in [0.29, 0.717) is 11.5 Å². The molecule has 2 rings (SSSR count). The molecular weight excluding hydrogens is 286 g/mol. The van der Waals surface area contributed by atoms with Gasteiger partial charge >= 0.3 is 5.97 Å². The van der Waals surface area contributed by atoms with Crippen LogP contribution in [0.5, 0.6) is 11.5 Å². The van der Waals surface area contributed by atoms with Gasteiger partial charge in [0, 0.05) is 23.7 Å². The summed E-state index contributed by atoms with van der Waals surface area (Å²) in [4.78, 5) is 24.4. The number of hydrogen-bond acceptors (Lipinski definition) is 4. The minimum absolute atomic E-state index is 0.0472. The Morgan fingerprint density at radius 1 is 1.32 bits per heavy atom. The molecule has 0 radical (unpaired) electrons. The minimum Gasteiger partial charge on any atom is -0.497 e. The minimum atomic E-state index is -1.00. The molecule has 0 atom stereocenters. The Morgan fingerprint density at radius 3 is 2.59 bits per heavy atom. The third-order valence-electron chi connectivity index (χ3n) is 3.42. The highest BCUT2D eigenvalue weighted by Gasteiger charge is 2.32. The van der Waals surface area contributed by atoms with Gasteiger partial charge < -0.3 is 19.5 Å². The van der Waals surface area contributed by atoms with Crippen LogP contribution in [0.3, 0.4) is 0 Å². The van der Waals surface area contributed by atoms with Crippen LogP contribution in [0.25, 0.3) is 6.08 Å². The maximum absolute atomic E-state index is 12.2. The summed E-state index contributed by atoms with van der Waals surface area (Å²) in [7, 11) is 3.10. The number of ether oxygens (including phenoxy) is 2. The first-order valence-electron chi connectivity index (χ1n) is 6.97. The van der Waals surface area contributed by atoms with Gasteiger partial charge in [-0.15, -0.1) is 0 Å². The summed E-state index contributed by atoms with van der Waals surface area (Å²) in [5.41, 5.74) is 0.725. The first-order valence-corrected chi connectivity index (χ1v) is 6.97. The number of carbonyl (C=O) groups excluding carboxylic acids is 1. The summed E-state index contributed by atoms with van der Waals surface area (Å²) >= 11 is 0. The number of benzene rings is 1. The number of rotatable bonds is 7. The second kappa shape index (κ2) is 6.98. The molecule has 1 aliphatic rings. The molecule has 6 heteroatoms. The van der Waals surface area contributed by atoms with Crippen molar-refractivity contribution in [2.45, 2.75) is 18.9 Å². The van der Waals surface area contributed by atoms with Crippen molar-refractivity contribution in [3.05, 3.63) is 29.8 Å². The zero-order valence-electron chi connectivity index (χ0n) is 12.6. The van der Waals surface area contributed by atoms with Gasteiger partial charge in [-0.3, -0.25) is 9.59 Å². The Morgan fingerprint density at radius 2 is 2.05 bits per heavy atom. The van der Waals surface area contributed by atoms with E-state index in [2.05, 4.69) is 0 Å². The van der Waals surface area contributed by atoms with E-state index in [4.69, 9.17) is 14.6 Å². The van der Waals surface area contributed by atoms with Gasteiger partial charge in [0.2, 0.25) is 5.91 Å². The summed E-state index contributed by atoms with van der Waals surface area (Å²) in [5, 5.41) is 8.88. The number of carboxylic acid groups (broad SMARTS) is 1. The normalized spacial score (nSPS) is 13.9. The van der Waals surface area contributed by atoms with Crippen LogP contribution in [0.2, 0.25) is 0 Å². The molecule has 1 aliphatic carbocycles. The molecule has 0 heterocycles. The molecule has 1 N–H and O–H groups in total. The molecule has 22 heavy (non-hydrogen) atoms. The lowest BCUT2D eigenvalue weighted by Gasteiger charge is -2.18. The molecule has 1 aromatic carbocycles. The van der Waals surface area contributed by atoms with E-state index in [9.17, 15) is 9.59 Å². The third-order valence-corrected chi connectivity index (χ3v) is 3.42. The van der Waals surface area contributed by atoms with Crippen LogP contribution in [0.4, 0.5) is 0 Å². The van der Waals surface area contributed by atoms with E-state index < -0.39 is 5.97 Å². The second-order valence-corrected chi connectivity index (χ2v) is 5.03. The van der Waals surface area contributed by atoms with Crippen LogP contribution in [0.1, 0.15) is 18.4 Å². The zero-order chi connectivity index (χ0) is 16.1. The summed E-state index contributed by atoms with van der Waals surface area (Å²) in [6.45, 7) is -0.270. The van der Waals surface area contributed by atoms with E-state index in [0.717, 1.165) is 18.4 Å². The lowest BCUT2D eigenvalue weighted by Crippen LogP contribution is -2.36. The maximum Gasteiger partial charge on any atom is 0.323 e. The van der Waals surface area contributed by atoms with Crippen molar-refractivity contribution in [1.82, 2.24) is 4.90 Å². The van der Waals surface area contributed by atoms with E-state index in [-0.39, 0.29) is 18.5 Å². The molecule has 1 aromatic rings. The van der Waals surface area contributed by atoms with Crippen molar-refractivity contribution in [2.24, 2.45) is 0 Å². The standard InChI is InChI=1S/C16H19NO5/c1-21-13-7-3-11(14(9-13)22-2)4-8-15(18)17(10-16(19)20)12-5-6-12/h3-4,7-9,12H,5-6,10H2,1-2H3,(H,19,20). The third kappa shape index (κ3) is 4.00. The number of carboxylic acids is 1. The Balaban J connectivity index is 2.12. The summed E-state index contributed by atoms with van der Waals surface area (Å²) in [6, 6.07) is 5.31. The van der Waals surface area contributed by atoms with E-state index in [1.807, 2.05) is 0 Å². The first kappa shape index (κ1) is 15.9. The molecule has 0 unspecified atom stereocenters. The zero-order valence-corrected chi connectivity index (χ0v) is 12.6. The summed E-state index contributed by atoms with van der Waals surface area (Å²) < 4.78 is 10.4. The summed E-state index contributed by atoms with van der Waals surface area (Å²) in [6.07, 6.45) is 4.72. The van der Waals surface area contributed by atoms with E-state index in [1.165, 1.54) is 18.1 Å². The van der Waals surface area contributed by atoms with Crippen molar-refractivity contribution >= 4 is 18.0 Å². The van der Waals surface area contributed by atoms with Gasteiger partial charge in [-0.05, 0) is 31.1 Å². The Labute approximate surface area is 128 Å². The largest absolute Gasteiger partial charge is 0.497 e. The molecule has 118 valence electrons. The SMILES string of the molecule is COc1ccc(C=CC(=O)N(CC(=O)O)C2CC2)c(OC)c1. The highest BCUT2D eigenvalue weighted by atomic mass is 16.5. The number of aliphatic carboxylic acids is 1. The molecule has 1 saturated carbocycles. The first-order chi connectivity index (χ1) is 10.5. The van der Waals surface area contributed by atoms with Gasteiger partial charge in [-0.2, -0.15) is 0 Å². The van der Waals surface area contributed by atoms with Crippen LogP contribution >= 0.6 is 0 Å². The van der Waals surface area contributed by atoms with Gasteiger partial charge in [0.05, 0.1) is 14.2 Å². The van der Waals surface area contributed by atoms with Gasteiger partial charge in [0.25, 0.3) is 0 Å². The second-order valence-electron chi connectivity index (χ2n) is 5.03. The quantitative estimate of drug-likeness (QED) is 0.777. The molecule has 0 bridgehead atoms. The number of methoxy groups -OCH3 is 2. The average Bonchev–Trinajstić information content (AvgIpc) is 3.34. The predicted molar refractivity (Wildman–Crippen MR) is 81.0 cm³/mol. The van der Waals surface area contributed by atoms with Crippen LogP contribution in [0, 0.1) is 0 Å². The topological polar surface area (TPSA) is 76.1 Å². The highest BCUT2D eigenvalue weighted by Crippen LogP contribution is 2.28. The number of carbonyl (C=O) groups is 2. The molecule has 0 aromatic heterocycles. The molecule has 0 saturated heterocycles. The fourth-order valence-corrected chi connectivity index (χ4v) is 2.13. The molecule has 1 fully saturated rings. The molecular formula is C16H19NO5. The van der Waals surface area contributed by atoms with Gasteiger partial charge in [-0.25, -0.2) is 0 Å². The molecule has 6 nitrogen and oxygen atoms in total. The number of hydrogen-bond donors (Lipinski definition) is 1. The van der Waals surface area contributed by atoms with Crippen LogP contribution in [-0.2, 0) is 9.59 Å². The number of amides is 1. The molecule has 0 aliphatic heterocycles. The summed E-state index contributed by atoms with van der Waals surface area (Å²) in [5.74, 6) is -0.0659. The predicted octanol–water partition coefficient (Wildman–Crippen LogP) is 1.79. The van der Waals surface area contributed by atoms with Gasteiger partial charge in [-0.1, -0.05) is 0 Å². The smallest absolute Gasteiger partial charge is 0.323 e. The van der Waals surface area contributed by atoms with Crippen LogP contribution in [-0.4, -0.2) is 48.7 Å². The van der Waals surface area contributed by atoms with E-state index in [1.54, 1.807) is 31.4 Å². The highest BCUT2D eigenvalue weighted by molar-refractivity contribution is 5.94. The van der Waals surface area contributed by atoms with Gasteiger partial charge in [0.1, 0.15) is 18.0 Å². The maximum atomic E-state index is 12.2. The molecule has 0 spiro atoms. The van der Waals surface area contributed by atoms with Crippen molar-refractivity contribution in [3.63, 3.8) is 0 Å².